The van der Waals surface area contributed by atoms with Gasteiger partial charge in [0.05, 0.1) is 12.6 Å². The quantitative estimate of drug-likeness (QED) is 0.707. The van der Waals surface area contributed by atoms with Crippen molar-refractivity contribution in [3.8, 4) is 0 Å². The van der Waals surface area contributed by atoms with Crippen LogP contribution in [0.2, 0.25) is 0 Å². The lowest BCUT2D eigenvalue weighted by Crippen LogP contribution is -2.12. The third-order valence-corrected chi connectivity index (χ3v) is 3.52. The Morgan fingerprint density at radius 1 is 1.28 bits per heavy atom. The van der Waals surface area contributed by atoms with Gasteiger partial charge in [-0.25, -0.2) is 4.98 Å². The summed E-state index contributed by atoms with van der Waals surface area (Å²) in [6.45, 7) is 7.10. The van der Waals surface area contributed by atoms with E-state index in [1.165, 1.54) is 7.05 Å². The summed E-state index contributed by atoms with van der Waals surface area (Å²) < 4.78 is 40.2. The maximum absolute atomic E-state index is 12.9. The van der Waals surface area contributed by atoms with Gasteiger partial charge >= 0.3 is 12.0 Å². The van der Waals surface area contributed by atoms with E-state index in [9.17, 15) is 13.2 Å². The fourth-order valence-corrected chi connectivity index (χ4v) is 2.37. The van der Waals surface area contributed by atoms with Gasteiger partial charge in [-0.3, -0.25) is 0 Å². The summed E-state index contributed by atoms with van der Waals surface area (Å²) in [5.41, 5.74) is 0.329. The molecular formula is C15H12F3N7. The van der Waals surface area contributed by atoms with Crippen LogP contribution >= 0.6 is 0 Å². The SMILES string of the molecule is [C-]#[N+]c1nn(C)c2cc(Nc3ncc(C(F)(F)F)c(NC)n3)ccc12. The van der Waals surface area contributed by atoms with E-state index in [1.807, 2.05) is 0 Å². The van der Waals surface area contributed by atoms with Crippen molar-refractivity contribution in [2.45, 2.75) is 6.18 Å². The van der Waals surface area contributed by atoms with E-state index in [4.69, 9.17) is 6.57 Å². The van der Waals surface area contributed by atoms with Crippen LogP contribution in [0.4, 0.5) is 36.4 Å². The average Bonchev–Trinajstić information content (AvgIpc) is 2.89. The monoisotopic (exact) mass is 347 g/mol. The molecular weight excluding hydrogens is 335 g/mol. The molecule has 25 heavy (non-hydrogen) atoms. The molecule has 3 aromatic rings. The van der Waals surface area contributed by atoms with Crippen molar-refractivity contribution in [2.24, 2.45) is 7.05 Å². The van der Waals surface area contributed by atoms with Crippen molar-refractivity contribution in [1.82, 2.24) is 19.7 Å². The number of aryl methyl sites for hydroxylation is 1. The summed E-state index contributed by atoms with van der Waals surface area (Å²) in [5.74, 6) is -0.0153. The predicted molar refractivity (Wildman–Crippen MR) is 86.8 cm³/mol. The first-order valence-corrected chi connectivity index (χ1v) is 7.06. The molecule has 128 valence electrons. The van der Waals surface area contributed by atoms with Crippen LogP contribution in [0.3, 0.4) is 0 Å². The highest BCUT2D eigenvalue weighted by molar-refractivity contribution is 5.93. The molecule has 7 nitrogen and oxygen atoms in total. The van der Waals surface area contributed by atoms with Gasteiger partial charge in [-0.05, 0) is 17.2 Å². The summed E-state index contributed by atoms with van der Waals surface area (Å²) in [7, 11) is 3.06. The van der Waals surface area contributed by atoms with E-state index in [2.05, 4.69) is 30.5 Å². The number of fused-ring (bicyclic) bond motifs is 1. The topological polar surface area (TPSA) is 72.0 Å². The molecule has 0 saturated carbocycles. The van der Waals surface area contributed by atoms with Crippen LogP contribution in [0.15, 0.2) is 24.4 Å². The molecule has 0 atom stereocenters. The second-order valence-corrected chi connectivity index (χ2v) is 5.12. The van der Waals surface area contributed by atoms with Gasteiger partial charge in [0.2, 0.25) is 5.95 Å². The zero-order valence-electron chi connectivity index (χ0n) is 13.2. The second-order valence-electron chi connectivity index (χ2n) is 5.12. The van der Waals surface area contributed by atoms with Gasteiger partial charge in [0.1, 0.15) is 11.4 Å². The minimum atomic E-state index is -4.54. The number of hydrogen-bond acceptors (Lipinski definition) is 5. The fraction of sp³-hybridized carbons (Fsp3) is 0.200. The number of hydrogen-bond donors (Lipinski definition) is 2. The zero-order chi connectivity index (χ0) is 18.2. The zero-order valence-corrected chi connectivity index (χ0v) is 13.2. The lowest BCUT2D eigenvalue weighted by molar-refractivity contribution is -0.137. The van der Waals surface area contributed by atoms with Crippen LogP contribution < -0.4 is 10.6 Å². The van der Waals surface area contributed by atoms with Crippen LogP contribution in [0.5, 0.6) is 0 Å². The summed E-state index contributed by atoms with van der Waals surface area (Å²) in [6.07, 6.45) is -3.82. The van der Waals surface area contributed by atoms with Gasteiger partial charge in [-0.1, -0.05) is 12.6 Å². The Labute approximate surface area is 140 Å². The van der Waals surface area contributed by atoms with Gasteiger partial charge in [0, 0.05) is 24.3 Å². The Morgan fingerprint density at radius 3 is 2.68 bits per heavy atom. The number of nitrogens with zero attached hydrogens (tertiary/aromatic N) is 5. The molecule has 0 aliphatic rings. The normalized spacial score (nSPS) is 11.4. The Hall–Kier alpha value is -3.35. The van der Waals surface area contributed by atoms with E-state index in [0.717, 1.165) is 6.20 Å². The maximum atomic E-state index is 12.9. The van der Waals surface area contributed by atoms with Crippen molar-refractivity contribution in [3.63, 3.8) is 0 Å². The van der Waals surface area contributed by atoms with Crippen molar-refractivity contribution in [1.29, 1.82) is 0 Å². The Balaban J connectivity index is 1.96. The first-order chi connectivity index (χ1) is 11.8. The molecule has 3 rings (SSSR count). The molecule has 0 amide bonds. The third-order valence-electron chi connectivity index (χ3n) is 3.52. The Bertz CT molecular complexity index is 985. The van der Waals surface area contributed by atoms with Crippen LogP contribution in [0.25, 0.3) is 15.7 Å². The molecule has 2 heterocycles. The largest absolute Gasteiger partial charge is 0.421 e. The number of aromatic nitrogens is 4. The van der Waals surface area contributed by atoms with Crippen LogP contribution in [0, 0.1) is 6.57 Å². The number of halogens is 3. The Kier molecular flexibility index (Phi) is 3.92. The van der Waals surface area contributed by atoms with E-state index >= 15 is 0 Å². The average molecular weight is 347 g/mol. The number of benzene rings is 1. The van der Waals surface area contributed by atoms with Crippen LogP contribution in [-0.4, -0.2) is 26.8 Å². The van der Waals surface area contributed by atoms with E-state index in [1.54, 1.807) is 29.9 Å². The smallest absolute Gasteiger partial charge is 0.372 e. The molecule has 10 heteroatoms. The van der Waals surface area contributed by atoms with E-state index < -0.39 is 11.7 Å². The van der Waals surface area contributed by atoms with Gasteiger partial charge in [0.25, 0.3) is 0 Å². The van der Waals surface area contributed by atoms with Gasteiger partial charge in [0.15, 0.2) is 0 Å². The number of alkyl halides is 3. The molecule has 0 spiro atoms. The van der Waals surface area contributed by atoms with Gasteiger partial charge in [-0.2, -0.15) is 22.8 Å². The molecule has 0 aliphatic carbocycles. The summed E-state index contributed by atoms with van der Waals surface area (Å²) >= 11 is 0. The van der Waals surface area contributed by atoms with E-state index in [0.29, 0.717) is 16.6 Å². The van der Waals surface area contributed by atoms with E-state index in [-0.39, 0.29) is 17.6 Å². The highest BCUT2D eigenvalue weighted by atomic mass is 19.4. The lowest BCUT2D eigenvalue weighted by Gasteiger charge is -2.13. The van der Waals surface area contributed by atoms with Crippen LogP contribution in [-0.2, 0) is 13.2 Å². The molecule has 0 bridgehead atoms. The Morgan fingerprint density at radius 2 is 2.04 bits per heavy atom. The second kappa shape index (κ2) is 5.94. The highest BCUT2D eigenvalue weighted by Crippen LogP contribution is 2.34. The van der Waals surface area contributed by atoms with Gasteiger partial charge in [-0.15, -0.1) is 0 Å². The first kappa shape index (κ1) is 16.5. The molecule has 2 aromatic heterocycles. The summed E-state index contributed by atoms with van der Waals surface area (Å²) in [6, 6.07) is 5.11. The molecule has 0 saturated heterocycles. The molecule has 0 unspecified atom stereocenters. The van der Waals surface area contributed by atoms with Crippen molar-refractivity contribution < 1.29 is 13.2 Å². The third kappa shape index (κ3) is 3.03. The molecule has 0 radical (unpaired) electrons. The predicted octanol–water partition coefficient (Wildman–Crippen LogP) is 3.72. The molecule has 0 aliphatic heterocycles. The maximum Gasteiger partial charge on any atom is 0.421 e. The standard InChI is InChI=1S/C15H12F3N7/c1-19-12-9-5-4-8(6-11(9)25(3)24-12)22-14-21-7-10(15(16,17)18)13(20-2)23-14/h4-7H,2-3H3,(H2,20,21,22,23). The number of anilines is 3. The summed E-state index contributed by atoms with van der Waals surface area (Å²) in [5, 5.41) is 10.1. The molecule has 0 fully saturated rings. The van der Waals surface area contributed by atoms with Crippen LogP contribution in [0.1, 0.15) is 5.56 Å². The lowest BCUT2D eigenvalue weighted by atomic mass is 10.2. The molecule has 1 aromatic carbocycles. The number of rotatable bonds is 3. The fourth-order valence-electron chi connectivity index (χ4n) is 2.37. The van der Waals surface area contributed by atoms with Crippen molar-refractivity contribution >= 4 is 34.2 Å². The minimum Gasteiger partial charge on any atom is -0.372 e. The van der Waals surface area contributed by atoms with Crippen molar-refractivity contribution in [2.75, 3.05) is 17.7 Å². The highest BCUT2D eigenvalue weighted by Gasteiger charge is 2.35. The van der Waals surface area contributed by atoms with Crippen molar-refractivity contribution in [3.05, 3.63) is 41.4 Å². The minimum absolute atomic E-state index is 0.0178. The molecule has 2 N–H and O–H groups in total. The first-order valence-electron chi connectivity index (χ1n) is 7.06. The van der Waals surface area contributed by atoms with Gasteiger partial charge < -0.3 is 15.5 Å². The number of nitrogens with one attached hydrogen (secondary N) is 2. The summed E-state index contributed by atoms with van der Waals surface area (Å²) in [4.78, 5) is 10.9.